The van der Waals surface area contributed by atoms with Crippen LogP contribution in [0.4, 0.5) is 4.79 Å². The van der Waals surface area contributed by atoms with Gasteiger partial charge in [-0.2, -0.15) is 0 Å². The average Bonchev–Trinajstić information content (AvgIpc) is 2.56. The molecule has 140 valence electrons. The zero-order valence-electron chi connectivity index (χ0n) is 14.5. The highest BCUT2D eigenvalue weighted by Gasteiger charge is 2.15. The summed E-state index contributed by atoms with van der Waals surface area (Å²) in [5.74, 6) is 2.47. The average molecular weight is 489 g/mol. The fourth-order valence-electron chi connectivity index (χ4n) is 2.22. The molecule has 26 heavy (non-hydrogen) atoms. The van der Waals surface area contributed by atoms with E-state index in [4.69, 9.17) is 24.7 Å². The number of primary amides is 1. The van der Waals surface area contributed by atoms with Gasteiger partial charge < -0.3 is 24.7 Å². The zero-order valence-corrected chi connectivity index (χ0v) is 17.7. The molecule has 0 aromatic heterocycles. The highest BCUT2D eigenvalue weighted by Crippen LogP contribution is 2.41. The molecule has 0 spiro atoms. The molecule has 2 aromatic rings. The molecule has 2 N–H and O–H groups in total. The predicted molar refractivity (Wildman–Crippen MR) is 105 cm³/mol. The van der Waals surface area contributed by atoms with Crippen molar-refractivity contribution in [2.75, 3.05) is 13.9 Å². The van der Waals surface area contributed by atoms with Crippen molar-refractivity contribution in [2.45, 2.75) is 19.8 Å². The van der Waals surface area contributed by atoms with E-state index in [1.807, 2.05) is 18.2 Å². The predicted octanol–water partition coefficient (Wildman–Crippen LogP) is 5.57. The SMILES string of the molecule is COCOc1ccc(Oc2c(Br)cc(OC(N)=O)cc2Br)cc1C(C)C. The molecule has 2 rings (SSSR count). The van der Waals surface area contributed by atoms with Crippen LogP contribution in [0.3, 0.4) is 0 Å². The van der Waals surface area contributed by atoms with E-state index >= 15 is 0 Å². The van der Waals surface area contributed by atoms with E-state index in [9.17, 15) is 4.79 Å². The maximum absolute atomic E-state index is 10.9. The molecule has 0 atom stereocenters. The van der Waals surface area contributed by atoms with Crippen molar-refractivity contribution < 1.29 is 23.7 Å². The minimum absolute atomic E-state index is 0.179. The van der Waals surface area contributed by atoms with Gasteiger partial charge in [-0.05, 0) is 68.1 Å². The minimum atomic E-state index is -0.884. The second-order valence-corrected chi connectivity index (χ2v) is 7.35. The van der Waals surface area contributed by atoms with Gasteiger partial charge in [-0.1, -0.05) is 13.8 Å². The fourth-order valence-corrected chi connectivity index (χ4v) is 3.53. The molecule has 2 aromatic carbocycles. The standard InChI is InChI=1S/C18H19Br2NO5/c1-10(2)13-6-11(4-5-16(13)24-9-23-3)25-17-14(19)7-12(8-15(17)20)26-18(21)22/h4-8,10H,9H2,1-3H3,(H2,21,22). The summed E-state index contributed by atoms with van der Waals surface area (Å²) in [7, 11) is 1.58. The number of carbonyl (C=O) groups excluding carboxylic acids is 1. The molecular formula is C18H19Br2NO5. The van der Waals surface area contributed by atoms with Crippen molar-refractivity contribution in [3.63, 3.8) is 0 Å². The molecule has 1 amide bonds. The van der Waals surface area contributed by atoms with Crippen LogP contribution in [0.5, 0.6) is 23.0 Å². The van der Waals surface area contributed by atoms with Crippen molar-refractivity contribution in [1.29, 1.82) is 0 Å². The largest absolute Gasteiger partial charge is 0.467 e. The Morgan fingerprint density at radius 3 is 2.31 bits per heavy atom. The third-order valence-corrected chi connectivity index (χ3v) is 4.52. The van der Waals surface area contributed by atoms with E-state index in [1.165, 1.54) is 0 Å². The molecule has 0 saturated carbocycles. The second-order valence-electron chi connectivity index (χ2n) is 5.64. The van der Waals surface area contributed by atoms with Crippen LogP contribution in [0.2, 0.25) is 0 Å². The maximum Gasteiger partial charge on any atom is 0.409 e. The molecule has 0 aliphatic rings. The molecule has 6 nitrogen and oxygen atoms in total. The molecule has 8 heteroatoms. The van der Waals surface area contributed by atoms with Crippen molar-refractivity contribution in [3.05, 3.63) is 44.8 Å². The highest BCUT2D eigenvalue weighted by molar-refractivity contribution is 9.11. The van der Waals surface area contributed by atoms with E-state index in [1.54, 1.807) is 19.2 Å². The number of ether oxygens (including phenoxy) is 4. The highest BCUT2D eigenvalue weighted by atomic mass is 79.9. The van der Waals surface area contributed by atoms with Crippen LogP contribution >= 0.6 is 31.9 Å². The lowest BCUT2D eigenvalue weighted by Gasteiger charge is -2.16. The molecule has 0 aliphatic carbocycles. The third kappa shape index (κ3) is 5.36. The van der Waals surface area contributed by atoms with E-state index < -0.39 is 6.09 Å². The van der Waals surface area contributed by atoms with Gasteiger partial charge in [0.15, 0.2) is 12.5 Å². The van der Waals surface area contributed by atoms with Crippen molar-refractivity contribution >= 4 is 38.0 Å². The molecule has 0 unspecified atom stereocenters. The van der Waals surface area contributed by atoms with E-state index in [2.05, 4.69) is 45.7 Å². The summed E-state index contributed by atoms with van der Waals surface area (Å²) in [4.78, 5) is 10.9. The summed E-state index contributed by atoms with van der Waals surface area (Å²) >= 11 is 6.83. The summed E-state index contributed by atoms with van der Waals surface area (Å²) in [5.41, 5.74) is 6.04. The Hall–Kier alpha value is -1.77. The zero-order chi connectivity index (χ0) is 19.3. The number of benzene rings is 2. The van der Waals surface area contributed by atoms with Crippen LogP contribution in [0.15, 0.2) is 39.3 Å². The number of nitrogens with two attached hydrogens (primary N) is 1. The molecule has 0 aliphatic heterocycles. The van der Waals surface area contributed by atoms with Gasteiger partial charge in [-0.3, -0.25) is 0 Å². The molecule has 0 radical (unpaired) electrons. The number of carbonyl (C=O) groups is 1. The summed E-state index contributed by atoms with van der Waals surface area (Å²) in [6, 6.07) is 8.77. The quantitative estimate of drug-likeness (QED) is 0.515. The van der Waals surface area contributed by atoms with Gasteiger partial charge in [0, 0.05) is 12.7 Å². The Morgan fingerprint density at radius 2 is 1.77 bits per heavy atom. The van der Waals surface area contributed by atoms with E-state index in [0.717, 1.165) is 11.3 Å². The molecule has 0 saturated heterocycles. The smallest absolute Gasteiger partial charge is 0.409 e. The van der Waals surface area contributed by atoms with Crippen LogP contribution in [-0.2, 0) is 4.74 Å². The first kappa shape index (κ1) is 20.5. The minimum Gasteiger partial charge on any atom is -0.467 e. The summed E-state index contributed by atoms with van der Waals surface area (Å²) in [6.45, 7) is 4.32. The number of amides is 1. The molecule has 0 fully saturated rings. The lowest BCUT2D eigenvalue weighted by Crippen LogP contribution is -2.16. The first-order valence-corrected chi connectivity index (χ1v) is 9.30. The molecule has 0 heterocycles. The van der Waals surface area contributed by atoms with Crippen molar-refractivity contribution in [3.8, 4) is 23.0 Å². The Bertz CT molecular complexity index is 772. The maximum atomic E-state index is 10.9. The Morgan fingerprint density at radius 1 is 1.12 bits per heavy atom. The van der Waals surface area contributed by atoms with Gasteiger partial charge in [0.05, 0.1) is 8.95 Å². The monoisotopic (exact) mass is 487 g/mol. The van der Waals surface area contributed by atoms with Crippen LogP contribution in [-0.4, -0.2) is 20.0 Å². The lowest BCUT2D eigenvalue weighted by molar-refractivity contribution is 0.0502. The first-order chi connectivity index (χ1) is 12.3. The van der Waals surface area contributed by atoms with Gasteiger partial charge in [-0.15, -0.1) is 0 Å². The normalized spacial score (nSPS) is 10.7. The Labute approximate surface area is 168 Å². The van der Waals surface area contributed by atoms with Crippen LogP contribution < -0.4 is 19.9 Å². The number of halogens is 2. The van der Waals surface area contributed by atoms with Crippen LogP contribution in [0.25, 0.3) is 0 Å². The lowest BCUT2D eigenvalue weighted by atomic mass is 10.0. The van der Waals surface area contributed by atoms with Crippen LogP contribution in [0.1, 0.15) is 25.3 Å². The Balaban J connectivity index is 2.30. The van der Waals surface area contributed by atoms with Gasteiger partial charge >= 0.3 is 6.09 Å². The van der Waals surface area contributed by atoms with Gasteiger partial charge in [0.25, 0.3) is 0 Å². The number of hydrogen-bond acceptors (Lipinski definition) is 5. The van der Waals surface area contributed by atoms with Crippen molar-refractivity contribution in [2.24, 2.45) is 5.73 Å². The summed E-state index contributed by atoms with van der Waals surface area (Å²) in [5, 5.41) is 0. The van der Waals surface area contributed by atoms with E-state index in [0.29, 0.717) is 26.2 Å². The third-order valence-electron chi connectivity index (χ3n) is 3.35. The Kier molecular flexibility index (Phi) is 7.31. The molecule has 0 bridgehead atoms. The number of rotatable bonds is 7. The van der Waals surface area contributed by atoms with Gasteiger partial charge in [-0.25, -0.2) is 4.79 Å². The number of hydrogen-bond donors (Lipinski definition) is 1. The van der Waals surface area contributed by atoms with Gasteiger partial charge in [0.2, 0.25) is 0 Å². The summed E-state index contributed by atoms with van der Waals surface area (Å²) < 4.78 is 22.7. The van der Waals surface area contributed by atoms with Crippen LogP contribution in [0, 0.1) is 0 Å². The topological polar surface area (TPSA) is 80.0 Å². The second kappa shape index (κ2) is 9.25. The van der Waals surface area contributed by atoms with Gasteiger partial charge in [0.1, 0.15) is 17.2 Å². The summed E-state index contributed by atoms with van der Waals surface area (Å²) in [6.07, 6.45) is -0.884. The fraction of sp³-hybridized carbons (Fsp3) is 0.278. The number of methoxy groups -OCH3 is 1. The van der Waals surface area contributed by atoms with Crippen molar-refractivity contribution in [1.82, 2.24) is 0 Å². The molecular weight excluding hydrogens is 470 g/mol. The van der Waals surface area contributed by atoms with E-state index in [-0.39, 0.29) is 12.7 Å². The first-order valence-electron chi connectivity index (χ1n) is 7.71.